The van der Waals surface area contributed by atoms with Crippen molar-refractivity contribution in [1.82, 2.24) is 29.7 Å². The van der Waals surface area contributed by atoms with E-state index in [4.69, 9.17) is 0 Å². The standard InChI is InChI=1S/C43H50N6O9/c50-38(51)35(30-10-13-44-22-30)19-26-4-1-7-29(16-26)25-47-41(56)48(33-8-2-5-27(17-33)20-36(39(52)53)31-11-14-45-23-31)43(58)49(42(47)57)34-9-3-6-28(18-34)21-37(40(54)55)32-12-15-46-24-32/h1-9,16-18,30-32,35-37,44-46H,10-15,19-25H2,(H,50,51)(H,52,53)(H,54,55)/t30-,31-,32-,35-,36-,37-/m0/s1. The van der Waals surface area contributed by atoms with Gasteiger partial charge >= 0.3 is 35.0 Å². The molecule has 3 saturated heterocycles. The Hall–Kier alpha value is -5.64. The molecule has 6 atom stereocenters. The maximum atomic E-state index is 14.5. The summed E-state index contributed by atoms with van der Waals surface area (Å²) in [6, 6.07) is 20.2. The second-order valence-electron chi connectivity index (χ2n) is 16.0. The normalized spacial score (nSPS) is 20.8. The number of nitrogens with zero attached hydrogens (tertiary/aromatic N) is 3. The van der Waals surface area contributed by atoms with E-state index in [1.54, 1.807) is 66.7 Å². The van der Waals surface area contributed by atoms with Crippen LogP contribution in [0.25, 0.3) is 11.4 Å². The predicted octanol–water partition coefficient (Wildman–Crippen LogP) is 1.76. The van der Waals surface area contributed by atoms with Gasteiger partial charge in [0.05, 0.1) is 35.7 Å². The summed E-state index contributed by atoms with van der Waals surface area (Å²) in [7, 11) is 0. The molecule has 0 radical (unpaired) electrons. The second kappa shape index (κ2) is 17.9. The molecule has 6 N–H and O–H groups in total. The fraction of sp³-hybridized carbons (Fsp3) is 0.442. The lowest BCUT2D eigenvalue weighted by Gasteiger charge is -2.20. The molecule has 3 aliphatic heterocycles. The summed E-state index contributed by atoms with van der Waals surface area (Å²) in [6.07, 6.45) is 2.78. The quantitative estimate of drug-likeness (QED) is 0.0958. The fourth-order valence-electron chi connectivity index (χ4n) is 9.04. The van der Waals surface area contributed by atoms with Gasteiger partial charge in [-0.15, -0.1) is 0 Å². The Morgan fingerprint density at radius 2 is 0.897 bits per heavy atom. The van der Waals surface area contributed by atoms with Crippen LogP contribution < -0.4 is 33.0 Å². The number of carboxylic acid groups (broad SMARTS) is 3. The van der Waals surface area contributed by atoms with E-state index >= 15 is 0 Å². The van der Waals surface area contributed by atoms with Crippen molar-refractivity contribution in [2.45, 2.75) is 45.1 Å². The van der Waals surface area contributed by atoms with Crippen molar-refractivity contribution >= 4 is 17.9 Å². The smallest absolute Gasteiger partial charge is 0.345 e. The number of hydrogen-bond donors (Lipinski definition) is 6. The van der Waals surface area contributed by atoms with Gasteiger partial charge in [0, 0.05) is 0 Å². The molecular weight excluding hydrogens is 745 g/mol. The molecule has 4 aromatic rings. The summed E-state index contributed by atoms with van der Waals surface area (Å²) in [4.78, 5) is 80.5. The molecule has 4 heterocycles. The minimum Gasteiger partial charge on any atom is -0.481 e. The number of aliphatic carboxylic acids is 3. The molecule has 15 nitrogen and oxygen atoms in total. The number of carbonyl (C=O) groups is 3. The molecule has 7 rings (SSSR count). The van der Waals surface area contributed by atoms with E-state index in [1.165, 1.54) is 0 Å². The maximum absolute atomic E-state index is 14.5. The first-order valence-electron chi connectivity index (χ1n) is 20.0. The lowest BCUT2D eigenvalue weighted by atomic mass is 9.86. The van der Waals surface area contributed by atoms with Crippen molar-refractivity contribution in [3.8, 4) is 11.4 Å². The Bertz CT molecular complexity index is 2220. The van der Waals surface area contributed by atoms with Crippen molar-refractivity contribution in [2.75, 3.05) is 39.3 Å². The summed E-state index contributed by atoms with van der Waals surface area (Å²) >= 11 is 0. The van der Waals surface area contributed by atoms with Crippen molar-refractivity contribution in [3.05, 3.63) is 127 Å². The highest BCUT2D eigenvalue weighted by Crippen LogP contribution is 2.27. The molecule has 3 aromatic carbocycles. The number of aromatic nitrogens is 3. The van der Waals surface area contributed by atoms with E-state index in [0.717, 1.165) is 45.3 Å². The van der Waals surface area contributed by atoms with E-state index in [2.05, 4.69) is 16.0 Å². The van der Waals surface area contributed by atoms with Crippen molar-refractivity contribution < 1.29 is 29.7 Å². The largest absolute Gasteiger partial charge is 0.481 e. The lowest BCUT2D eigenvalue weighted by molar-refractivity contribution is -0.144. The number of rotatable bonds is 16. The Morgan fingerprint density at radius 3 is 1.26 bits per heavy atom. The minimum atomic E-state index is -0.937. The van der Waals surface area contributed by atoms with E-state index in [0.29, 0.717) is 49.2 Å². The number of benzene rings is 3. The zero-order chi connectivity index (χ0) is 40.9. The Labute approximate surface area is 334 Å². The summed E-state index contributed by atoms with van der Waals surface area (Å²) < 4.78 is 2.78. The average Bonchev–Trinajstić information content (AvgIpc) is 4.03. The third-order valence-electron chi connectivity index (χ3n) is 12.2. The first-order chi connectivity index (χ1) is 28.0. The summed E-state index contributed by atoms with van der Waals surface area (Å²) in [5, 5.41) is 40.0. The molecule has 1 aromatic heterocycles. The molecule has 15 heteroatoms. The zero-order valence-electron chi connectivity index (χ0n) is 32.2. The van der Waals surface area contributed by atoms with Crippen LogP contribution in [0.4, 0.5) is 0 Å². The third-order valence-corrected chi connectivity index (χ3v) is 12.2. The molecule has 58 heavy (non-hydrogen) atoms. The van der Waals surface area contributed by atoms with Crippen LogP contribution in [0.1, 0.15) is 41.5 Å². The Morgan fingerprint density at radius 1 is 0.534 bits per heavy atom. The van der Waals surface area contributed by atoms with Gasteiger partial charge in [-0.1, -0.05) is 48.5 Å². The van der Waals surface area contributed by atoms with E-state index < -0.39 is 52.7 Å². The van der Waals surface area contributed by atoms with E-state index in [-0.39, 0.29) is 54.9 Å². The van der Waals surface area contributed by atoms with E-state index in [1.807, 2.05) is 6.07 Å². The third kappa shape index (κ3) is 8.91. The van der Waals surface area contributed by atoms with Crippen LogP contribution in [0.15, 0.2) is 87.2 Å². The van der Waals surface area contributed by atoms with Crippen LogP contribution >= 0.6 is 0 Å². The van der Waals surface area contributed by atoms with Gasteiger partial charge in [-0.05, 0) is 142 Å². The van der Waals surface area contributed by atoms with Gasteiger partial charge in [-0.3, -0.25) is 14.4 Å². The van der Waals surface area contributed by atoms with Gasteiger partial charge in [-0.2, -0.15) is 0 Å². The molecule has 0 spiro atoms. The topological polar surface area (TPSA) is 214 Å². The number of nitrogens with one attached hydrogen (secondary N) is 3. The molecule has 3 fully saturated rings. The first-order valence-corrected chi connectivity index (χ1v) is 20.0. The Kier molecular flexibility index (Phi) is 12.5. The Balaban J connectivity index is 1.30. The number of carboxylic acids is 3. The van der Waals surface area contributed by atoms with Gasteiger partial charge in [-0.25, -0.2) is 28.1 Å². The average molecular weight is 795 g/mol. The zero-order valence-corrected chi connectivity index (χ0v) is 32.2. The monoisotopic (exact) mass is 794 g/mol. The predicted molar refractivity (Wildman–Crippen MR) is 215 cm³/mol. The second-order valence-corrected chi connectivity index (χ2v) is 16.0. The van der Waals surface area contributed by atoms with E-state index in [9.17, 15) is 44.1 Å². The van der Waals surface area contributed by atoms with Crippen LogP contribution in [-0.4, -0.2) is 86.2 Å². The highest BCUT2D eigenvalue weighted by molar-refractivity contribution is 5.72. The van der Waals surface area contributed by atoms with Gasteiger partial charge in [0.15, 0.2) is 0 Å². The van der Waals surface area contributed by atoms with Gasteiger partial charge < -0.3 is 31.3 Å². The molecule has 306 valence electrons. The lowest BCUT2D eigenvalue weighted by Crippen LogP contribution is -2.53. The summed E-state index contributed by atoms with van der Waals surface area (Å²) in [5.41, 5.74) is 0.0595. The van der Waals surface area contributed by atoms with Crippen molar-refractivity contribution in [2.24, 2.45) is 35.5 Å². The molecule has 0 bridgehead atoms. The van der Waals surface area contributed by atoms with Crippen LogP contribution in [0.3, 0.4) is 0 Å². The molecule has 0 saturated carbocycles. The number of hydrogen-bond acceptors (Lipinski definition) is 9. The highest BCUT2D eigenvalue weighted by atomic mass is 16.4. The highest BCUT2D eigenvalue weighted by Gasteiger charge is 2.33. The molecule has 3 aliphatic rings. The van der Waals surface area contributed by atoms with Crippen LogP contribution in [0.5, 0.6) is 0 Å². The molecule has 0 unspecified atom stereocenters. The van der Waals surface area contributed by atoms with Gasteiger partial charge in [0.25, 0.3) is 0 Å². The molecule has 0 amide bonds. The van der Waals surface area contributed by atoms with Crippen LogP contribution in [0.2, 0.25) is 0 Å². The maximum Gasteiger partial charge on any atom is 0.345 e. The van der Waals surface area contributed by atoms with Crippen molar-refractivity contribution in [1.29, 1.82) is 0 Å². The summed E-state index contributed by atoms with van der Waals surface area (Å²) in [6.45, 7) is 3.72. The molecule has 0 aliphatic carbocycles. The van der Waals surface area contributed by atoms with Gasteiger partial charge in [0.2, 0.25) is 0 Å². The van der Waals surface area contributed by atoms with Crippen molar-refractivity contribution in [3.63, 3.8) is 0 Å². The fourth-order valence-corrected chi connectivity index (χ4v) is 9.04. The van der Waals surface area contributed by atoms with Gasteiger partial charge in [0.1, 0.15) is 0 Å². The van der Waals surface area contributed by atoms with Crippen LogP contribution in [0, 0.1) is 35.5 Å². The first kappa shape index (κ1) is 40.6. The summed E-state index contributed by atoms with van der Waals surface area (Å²) in [5.74, 6) is -4.97. The molecular formula is C43H50N6O9. The SMILES string of the molecule is O=C(O)[C@@H](Cc1cccc(Cn2c(=O)n(-c3cccc(C[C@H](C(=O)O)[C@H]4CCNC4)c3)c(=O)n(-c3cccc(C[C@H](C(=O)O)[C@H]4CCNC4)c3)c2=O)c1)[C@H]1CCNC1. The van der Waals surface area contributed by atoms with Crippen LogP contribution in [-0.2, 0) is 40.2 Å². The minimum absolute atomic E-state index is 0.0349.